The number of fused-ring (bicyclic) bond motifs is 3. The summed E-state index contributed by atoms with van der Waals surface area (Å²) in [5.74, 6) is -0.353. The van der Waals surface area contributed by atoms with Crippen LogP contribution in [0.1, 0.15) is 23.1 Å². The number of halogens is 4. The van der Waals surface area contributed by atoms with Crippen molar-refractivity contribution < 1.29 is 27.5 Å². The van der Waals surface area contributed by atoms with Gasteiger partial charge in [0.1, 0.15) is 6.61 Å². The number of methoxy groups -OCH3 is 1. The zero-order valence-corrected chi connectivity index (χ0v) is 22.8. The fourth-order valence-corrected chi connectivity index (χ4v) is 6.68. The molecule has 3 aliphatic heterocycles. The van der Waals surface area contributed by atoms with Crippen LogP contribution in [-0.2, 0) is 27.0 Å². The highest BCUT2D eigenvalue weighted by Crippen LogP contribution is 2.38. The molecule has 2 amide bonds. The first-order valence-corrected chi connectivity index (χ1v) is 13.7. The van der Waals surface area contributed by atoms with Crippen LogP contribution in [0, 0.1) is 0 Å². The molecule has 2 aromatic carbocycles. The van der Waals surface area contributed by atoms with E-state index in [4.69, 9.17) is 16.3 Å². The Morgan fingerprint density at radius 2 is 2.02 bits per heavy atom. The van der Waals surface area contributed by atoms with Crippen LogP contribution >= 0.6 is 23.4 Å². The molecule has 0 unspecified atom stereocenters. The van der Waals surface area contributed by atoms with Crippen molar-refractivity contribution in [1.82, 2.24) is 19.6 Å². The molecule has 0 radical (unpaired) electrons. The molecule has 208 valence electrons. The monoisotopic (exact) mass is 589 g/mol. The van der Waals surface area contributed by atoms with Gasteiger partial charge < -0.3 is 14.5 Å². The maximum atomic E-state index is 13.5. The van der Waals surface area contributed by atoms with Crippen LogP contribution in [0.3, 0.4) is 0 Å². The Kier molecular flexibility index (Phi) is 6.87. The first-order valence-electron chi connectivity index (χ1n) is 12.5. The summed E-state index contributed by atoms with van der Waals surface area (Å²) in [5.41, 5.74) is 0.681. The Balaban J connectivity index is 1.16. The van der Waals surface area contributed by atoms with Crippen molar-refractivity contribution in [3.63, 3.8) is 0 Å². The molecule has 3 aromatic rings. The number of aromatic nitrogens is 2. The van der Waals surface area contributed by atoms with Crippen LogP contribution in [-0.4, -0.2) is 75.5 Å². The third-order valence-corrected chi connectivity index (χ3v) is 8.60. The first kappa shape index (κ1) is 26.9. The summed E-state index contributed by atoms with van der Waals surface area (Å²) in [7, 11) is 1.50. The second-order valence-electron chi connectivity index (χ2n) is 9.90. The normalized spacial score (nSPS) is 21.8. The number of piperazine rings is 1. The Hall–Kier alpha value is -3.35. The molecule has 2 atom stereocenters. The van der Waals surface area contributed by atoms with Gasteiger partial charge in [-0.2, -0.15) is 23.3 Å². The van der Waals surface area contributed by atoms with Crippen molar-refractivity contribution in [2.75, 3.05) is 26.8 Å². The molecule has 1 aromatic heterocycles. The average Bonchev–Trinajstić information content (AvgIpc) is 3.69. The molecule has 2 fully saturated rings. The van der Waals surface area contributed by atoms with Crippen LogP contribution in [0.25, 0.3) is 17.0 Å². The molecule has 3 aliphatic rings. The number of hydrogen-bond donors (Lipinski definition) is 0. The van der Waals surface area contributed by atoms with E-state index in [1.807, 2.05) is 11.0 Å². The van der Waals surface area contributed by atoms with E-state index in [-0.39, 0.29) is 47.6 Å². The van der Waals surface area contributed by atoms with Gasteiger partial charge in [0.05, 0.1) is 40.8 Å². The van der Waals surface area contributed by atoms with Gasteiger partial charge in [-0.15, -0.1) is 0 Å². The van der Waals surface area contributed by atoms with E-state index < -0.39 is 11.7 Å². The number of likely N-dealkylation sites (tertiary alicyclic amines) is 2. The fourth-order valence-electron chi connectivity index (χ4n) is 5.52. The van der Waals surface area contributed by atoms with Crippen LogP contribution < -0.4 is 0 Å². The van der Waals surface area contributed by atoms with Gasteiger partial charge in [0, 0.05) is 30.6 Å². The summed E-state index contributed by atoms with van der Waals surface area (Å²) in [4.78, 5) is 33.7. The Morgan fingerprint density at radius 3 is 2.75 bits per heavy atom. The molecule has 8 nitrogen and oxygen atoms in total. The van der Waals surface area contributed by atoms with Gasteiger partial charge in [-0.1, -0.05) is 23.7 Å². The highest BCUT2D eigenvalue weighted by Gasteiger charge is 2.47. The maximum Gasteiger partial charge on any atom is 0.416 e. The molecule has 0 N–H and O–H groups in total. The summed E-state index contributed by atoms with van der Waals surface area (Å²) in [6.45, 7) is 1.19. The predicted molar refractivity (Wildman–Crippen MR) is 146 cm³/mol. The van der Waals surface area contributed by atoms with Gasteiger partial charge in [0.2, 0.25) is 5.91 Å². The van der Waals surface area contributed by atoms with Gasteiger partial charge in [0.15, 0.2) is 5.17 Å². The zero-order valence-electron chi connectivity index (χ0n) is 21.2. The highest BCUT2D eigenvalue weighted by atomic mass is 35.5. The van der Waals surface area contributed by atoms with Gasteiger partial charge in [-0.25, -0.2) is 0 Å². The average molecular weight is 590 g/mol. The number of benzene rings is 2. The van der Waals surface area contributed by atoms with Crippen LogP contribution in [0.5, 0.6) is 0 Å². The number of nitrogens with zero attached hydrogens (tertiary/aromatic N) is 5. The Morgan fingerprint density at radius 1 is 1.20 bits per heavy atom. The number of alkyl halides is 3. The van der Waals surface area contributed by atoms with Gasteiger partial charge >= 0.3 is 6.18 Å². The molecule has 6 rings (SSSR count). The number of hydrogen-bond acceptors (Lipinski definition) is 6. The number of aliphatic imine (C=N–C) groups is 1. The summed E-state index contributed by atoms with van der Waals surface area (Å²) in [6.07, 6.45) is -0.360. The van der Waals surface area contributed by atoms with E-state index in [1.54, 1.807) is 24.4 Å². The number of thioether (sulfide) groups is 1. The third kappa shape index (κ3) is 4.99. The van der Waals surface area contributed by atoms with E-state index in [9.17, 15) is 22.8 Å². The van der Waals surface area contributed by atoms with Crippen molar-refractivity contribution in [3.8, 4) is 0 Å². The summed E-state index contributed by atoms with van der Waals surface area (Å²) in [6, 6.07) is 9.31. The van der Waals surface area contributed by atoms with E-state index in [1.165, 1.54) is 35.7 Å². The minimum absolute atomic E-state index is 0.0157. The van der Waals surface area contributed by atoms with Crippen LogP contribution in [0.4, 0.5) is 13.2 Å². The van der Waals surface area contributed by atoms with Gasteiger partial charge in [-0.3, -0.25) is 14.3 Å². The van der Waals surface area contributed by atoms with Crippen molar-refractivity contribution in [1.29, 1.82) is 0 Å². The smallest absolute Gasteiger partial charge is 0.375 e. The van der Waals surface area contributed by atoms with Gasteiger partial charge in [0.25, 0.3) is 5.91 Å². The Bertz CT molecular complexity index is 1590. The second-order valence-corrected chi connectivity index (χ2v) is 11.4. The minimum atomic E-state index is -4.54. The highest BCUT2D eigenvalue weighted by molar-refractivity contribution is 8.18. The van der Waals surface area contributed by atoms with Crippen molar-refractivity contribution >= 4 is 57.3 Å². The molecule has 13 heteroatoms. The van der Waals surface area contributed by atoms with Crippen molar-refractivity contribution in [2.24, 2.45) is 4.99 Å². The lowest BCUT2D eigenvalue weighted by Crippen LogP contribution is -2.50. The molecular weight excluding hydrogens is 567 g/mol. The number of ether oxygens (including phenoxy) is 1. The SMILES string of the molecule is COCC(=O)N1C[C@@H]2C[C@H]1CN2C1=NC(=O)/C(=C/c2ccc3c(cnn3Cc3ccc(Cl)cc3C(F)(F)F)c2)S1. The van der Waals surface area contributed by atoms with E-state index in [0.29, 0.717) is 28.7 Å². The molecule has 40 heavy (non-hydrogen) atoms. The van der Waals surface area contributed by atoms with Crippen molar-refractivity contribution in [3.05, 3.63) is 69.2 Å². The zero-order chi connectivity index (χ0) is 28.2. The lowest BCUT2D eigenvalue weighted by molar-refractivity contribution is -0.138. The number of rotatable bonds is 5. The number of amides is 2. The number of carbonyl (C=O) groups excluding carboxylic acids is 2. The molecule has 0 saturated carbocycles. The van der Waals surface area contributed by atoms with Gasteiger partial charge in [-0.05, 0) is 59.7 Å². The maximum absolute atomic E-state index is 13.5. The molecular formula is C27H23ClF3N5O3S. The lowest BCUT2D eigenvalue weighted by Gasteiger charge is -2.34. The molecule has 0 spiro atoms. The summed E-state index contributed by atoms with van der Waals surface area (Å²) in [5, 5.41) is 5.68. The van der Waals surface area contributed by atoms with Crippen molar-refractivity contribution in [2.45, 2.75) is 31.2 Å². The largest absolute Gasteiger partial charge is 0.416 e. The lowest BCUT2D eigenvalue weighted by atomic mass is 10.1. The standard InChI is InChI=1S/C27H23ClF3N5O3S/c1-39-14-24(37)34-12-20-9-19(34)13-35(20)26-33-25(38)23(40-26)7-15-2-5-22-17(6-15)10-32-36(22)11-16-3-4-18(28)8-21(16)27(29,30)31/h2-8,10,19-20H,9,11-14H2,1H3/b23-7-/t19-,20-/m0/s1. The quantitative estimate of drug-likeness (QED) is 0.403. The number of carbonyl (C=O) groups is 2. The van der Waals surface area contributed by atoms with Crippen LogP contribution in [0.2, 0.25) is 5.02 Å². The third-order valence-electron chi connectivity index (χ3n) is 7.34. The van der Waals surface area contributed by atoms with E-state index >= 15 is 0 Å². The van der Waals surface area contributed by atoms with E-state index in [0.717, 1.165) is 23.4 Å². The molecule has 2 bridgehead atoms. The summed E-state index contributed by atoms with van der Waals surface area (Å²) >= 11 is 7.11. The number of amidine groups is 1. The first-order chi connectivity index (χ1) is 19.1. The molecule has 2 saturated heterocycles. The fraction of sp³-hybridized carbons (Fsp3) is 0.333. The topological polar surface area (TPSA) is 80.0 Å². The van der Waals surface area contributed by atoms with E-state index in [2.05, 4.69) is 15.0 Å². The Labute approximate surface area is 236 Å². The minimum Gasteiger partial charge on any atom is -0.375 e. The predicted octanol–water partition coefficient (Wildman–Crippen LogP) is 4.66. The second kappa shape index (κ2) is 10.2. The van der Waals surface area contributed by atoms with Crippen LogP contribution in [0.15, 0.2) is 52.5 Å². The molecule has 0 aliphatic carbocycles. The molecule has 4 heterocycles. The summed E-state index contributed by atoms with van der Waals surface area (Å²) < 4.78 is 47.1.